The molecular weight excluding hydrogens is 1490 g/mol. The molecular formula is C67H76N17O22P3. The quantitative estimate of drug-likeness (QED) is 0.00336. The van der Waals surface area contributed by atoms with Crippen LogP contribution in [0, 0.1) is 11.8 Å². The van der Waals surface area contributed by atoms with Gasteiger partial charge in [-0.3, -0.25) is 28.5 Å². The molecule has 39 nitrogen and oxygen atoms in total. The highest BCUT2D eigenvalue weighted by atomic mass is 31.3. The van der Waals surface area contributed by atoms with Crippen molar-refractivity contribution >= 4 is 97.6 Å². The van der Waals surface area contributed by atoms with E-state index in [9.17, 15) is 57.8 Å². The summed E-state index contributed by atoms with van der Waals surface area (Å²) in [6, 6.07) is 18.2. The lowest BCUT2D eigenvalue weighted by molar-refractivity contribution is -0.128. The minimum Gasteiger partial charge on any atom is -0.491 e. The largest absolute Gasteiger partial charge is 0.491 e. The Morgan fingerprint density at radius 3 is 2.35 bits per heavy atom. The average molecular weight is 1560 g/mol. The van der Waals surface area contributed by atoms with Crippen LogP contribution in [-0.4, -0.2) is 171 Å². The topological polar surface area (TPSA) is 547 Å². The number of nitrogens with zero attached hydrogens (tertiary/aromatic N) is 12. The van der Waals surface area contributed by atoms with Gasteiger partial charge < -0.3 is 88.7 Å². The second-order valence-electron chi connectivity index (χ2n) is 23.7. The van der Waals surface area contributed by atoms with Crippen molar-refractivity contribution in [3.63, 3.8) is 0 Å². The van der Waals surface area contributed by atoms with Crippen molar-refractivity contribution in [1.29, 1.82) is 0 Å². The van der Waals surface area contributed by atoms with E-state index in [0.29, 0.717) is 66.4 Å². The van der Waals surface area contributed by atoms with Gasteiger partial charge in [-0.05, 0) is 117 Å². The summed E-state index contributed by atoms with van der Waals surface area (Å²) >= 11 is 0. The number of carbonyl (C=O) groups is 5. The fourth-order valence-electron chi connectivity index (χ4n) is 11.1. The molecule has 4 unspecified atom stereocenters. The van der Waals surface area contributed by atoms with Crippen molar-refractivity contribution < 1.29 is 98.2 Å². The number of azide groups is 2. The van der Waals surface area contributed by atoms with Crippen LogP contribution in [0.15, 0.2) is 151 Å². The van der Waals surface area contributed by atoms with E-state index >= 15 is 0 Å². The number of amides is 5. The Hall–Kier alpha value is -10.9. The van der Waals surface area contributed by atoms with Gasteiger partial charge in [0.15, 0.2) is 11.8 Å². The highest BCUT2D eigenvalue weighted by Crippen LogP contribution is 2.66. The van der Waals surface area contributed by atoms with Gasteiger partial charge in [0.05, 0.1) is 30.2 Å². The molecule has 109 heavy (non-hydrogen) atoms. The molecule has 10 N–H and O–H groups in total. The third-order valence-corrected chi connectivity index (χ3v) is 20.1. The van der Waals surface area contributed by atoms with Gasteiger partial charge in [-0.25, -0.2) is 33.4 Å². The predicted molar refractivity (Wildman–Crippen MR) is 392 cm³/mol. The van der Waals surface area contributed by atoms with Crippen LogP contribution < -0.4 is 42.3 Å². The highest BCUT2D eigenvalue weighted by Gasteiger charge is 2.44. The maximum Gasteiger partial charge on any atom is 0.490 e. The summed E-state index contributed by atoms with van der Waals surface area (Å²) in [5, 5.41) is 19.0. The van der Waals surface area contributed by atoms with Gasteiger partial charge in [-0.15, -0.1) is 0 Å². The molecule has 0 radical (unpaired) electrons. The summed E-state index contributed by atoms with van der Waals surface area (Å²) in [6.45, 7) is 4.13. The van der Waals surface area contributed by atoms with Crippen molar-refractivity contribution in [2.75, 3.05) is 89.5 Å². The maximum atomic E-state index is 13.9. The summed E-state index contributed by atoms with van der Waals surface area (Å²) in [5.74, 6) is 3.88. The summed E-state index contributed by atoms with van der Waals surface area (Å²) in [6.07, 6.45) is 12.4. The zero-order chi connectivity index (χ0) is 78.1. The number of benzene rings is 3. The fourth-order valence-corrected chi connectivity index (χ4v) is 14.2. The molecule has 42 heteroatoms. The maximum absolute atomic E-state index is 13.9. The number of ether oxygens (including phenoxy) is 4. The lowest BCUT2D eigenvalue weighted by Crippen LogP contribution is -2.40. The number of rotatable bonds is 39. The number of nitrogens with one attached hydrogen (secondary N) is 4. The fraction of sp³-hybridized carbons (Fsp3) is 0.358. The summed E-state index contributed by atoms with van der Waals surface area (Å²) in [4.78, 5) is 139. The number of carbonyl (C=O) groups excluding carboxylic acids is 5. The number of phosphoric acid groups is 3. The van der Waals surface area contributed by atoms with Crippen LogP contribution in [-0.2, 0) is 55.4 Å². The van der Waals surface area contributed by atoms with Crippen LogP contribution >= 0.6 is 23.5 Å². The highest BCUT2D eigenvalue weighted by molar-refractivity contribution is 7.66. The van der Waals surface area contributed by atoms with Crippen molar-refractivity contribution in [1.82, 2.24) is 45.7 Å². The summed E-state index contributed by atoms with van der Waals surface area (Å²) in [5.41, 5.74) is 27.2. The van der Waals surface area contributed by atoms with E-state index in [4.69, 9.17) is 53.4 Å². The molecule has 6 atom stereocenters. The average Bonchev–Trinajstić information content (AvgIpc) is 1.57. The number of nitrogens with two attached hydrogens (primary N) is 1. The van der Waals surface area contributed by atoms with E-state index in [1.165, 1.54) is 16.8 Å². The molecule has 5 heterocycles. The van der Waals surface area contributed by atoms with Gasteiger partial charge in [0, 0.05) is 109 Å². The molecule has 3 aromatic carbocycles. The van der Waals surface area contributed by atoms with Crippen LogP contribution in [0.3, 0.4) is 0 Å². The number of aromatic nitrogens is 4. The molecule has 1 saturated heterocycles. The molecule has 0 saturated carbocycles. The first kappa shape index (κ1) is 82.2. The molecule has 1 aliphatic carbocycles. The Bertz CT molecular complexity index is 4990. The third kappa shape index (κ3) is 24.3. The van der Waals surface area contributed by atoms with Gasteiger partial charge >= 0.3 is 29.1 Å². The predicted octanol–water partition coefficient (Wildman–Crippen LogP) is 7.92. The van der Waals surface area contributed by atoms with E-state index in [0.717, 1.165) is 25.1 Å². The van der Waals surface area contributed by atoms with Crippen LogP contribution in [0.25, 0.3) is 65.4 Å². The molecule has 576 valence electrons. The van der Waals surface area contributed by atoms with Gasteiger partial charge in [0.25, 0.3) is 17.7 Å². The van der Waals surface area contributed by atoms with Crippen LogP contribution in [0.1, 0.15) is 84.9 Å². The Labute approximate surface area is 620 Å². The number of anilines is 2. The van der Waals surface area contributed by atoms with E-state index in [1.807, 2.05) is 38.1 Å². The molecule has 2 aliphatic rings. The minimum atomic E-state index is -5.84. The third-order valence-electron chi connectivity index (χ3n) is 16.2. The monoisotopic (exact) mass is 1560 g/mol. The molecule has 5 amide bonds. The first-order chi connectivity index (χ1) is 52.3. The molecule has 1 fully saturated rings. The van der Waals surface area contributed by atoms with Crippen LogP contribution in [0.5, 0.6) is 5.75 Å². The number of phosphoric ester groups is 1. The van der Waals surface area contributed by atoms with Crippen molar-refractivity contribution in [2.45, 2.75) is 77.0 Å². The van der Waals surface area contributed by atoms with Gasteiger partial charge in [-0.2, -0.15) is 8.62 Å². The van der Waals surface area contributed by atoms with Crippen LogP contribution in [0.2, 0.25) is 0 Å². The Morgan fingerprint density at radius 1 is 0.817 bits per heavy atom. The SMILES string of the molecule is CCN(CC)c1ccc2cc(-c3nc4cc(C(=O)NCCN(CCCC(=O)NCCCCCNC(=O)c5cccc(OCC(N=[N+]=[N-])OCC(=O)NCC#Cc6cn([C@H]7CC(OCN=[N+]=[N-])[C@@H](COP(=O)(O)OP(=O)(O)OP(=O)(O)O)O7)c7ncnc(N)c67)c5)C(=O)C5=C/C=C\C=C/C=C\5)ccc4o3)c(=O)oc2c1. The molecule has 1 aliphatic heterocycles. The first-order valence-electron chi connectivity index (χ1n) is 33.7. The molecule has 4 aromatic heterocycles. The standard InChI is InChI=1S/C67H76N17O22P3/c1-3-82(4-2)48-24-22-44-33-50(67(90)104-53(44)35-48)65-78-51-34-46(23-25-52(51)103-65)64(88)74-29-31-83(66(89)43-16-9-6-5-7-10-17-43)30-15-21-56(85)71-26-11-8-12-27-73-63(87)45-18-13-20-49(32-45)98-40-58(79-81-70)99-39-57(86)72-28-14-19-47-37-84(62-60(47)61(68)75-41-76-62)59-36-54(100-42-77-80-69)55(102-59)38-101-108(94,95)106-109(96,97)105-107(91,92)93/h5-7,9-10,13,16-18,20,22-25,32-35,37,41,54-55,58-59H,3-4,8,11-12,15,21,26-31,36,38-40,42H2,1-2H3,(H,71,85)(H,72,86)(H,73,87)(H,74,88)(H,94,95)(H,96,97)(H2,68,75,76)(H2,91,92,93)/b6-5-,7-5?,9-6?,10-7-,16-9-,17-10?,43-16?,43-17+/t54?,55-,58?,59-/m1/s1. The molecule has 0 spiro atoms. The smallest absolute Gasteiger partial charge is 0.490 e. The van der Waals surface area contributed by atoms with Gasteiger partial charge in [-0.1, -0.05) is 58.5 Å². The second kappa shape index (κ2) is 39.3. The van der Waals surface area contributed by atoms with Crippen LogP contribution in [0.4, 0.5) is 11.5 Å². The van der Waals surface area contributed by atoms with Crippen molar-refractivity contribution in [2.24, 2.45) is 10.2 Å². The van der Waals surface area contributed by atoms with E-state index in [2.05, 4.69) is 81.6 Å². The van der Waals surface area contributed by atoms with E-state index in [-0.39, 0.29) is 108 Å². The molecule has 9 rings (SSSR count). The molecule has 7 aromatic rings. The Balaban J connectivity index is 0.674. The zero-order valence-electron chi connectivity index (χ0n) is 58.5. The zero-order valence-corrected chi connectivity index (χ0v) is 61.2. The Morgan fingerprint density at radius 2 is 1.58 bits per heavy atom. The van der Waals surface area contributed by atoms with Gasteiger partial charge in [0.2, 0.25) is 17.7 Å². The number of hydrogen-bond acceptors (Lipinski definition) is 25. The lowest BCUT2D eigenvalue weighted by atomic mass is 10.1. The lowest BCUT2D eigenvalue weighted by Gasteiger charge is -2.23. The minimum absolute atomic E-state index is 0.0176. The number of oxazole rings is 1. The van der Waals surface area contributed by atoms with E-state index < -0.39 is 91.4 Å². The number of fused-ring (bicyclic) bond motifs is 3. The van der Waals surface area contributed by atoms with Gasteiger partial charge in [0.1, 0.15) is 72.5 Å². The second-order valence-corrected chi connectivity index (χ2v) is 28.1. The number of hydrogen-bond donors (Lipinski definition) is 9. The summed E-state index contributed by atoms with van der Waals surface area (Å²) < 4.78 is 83.7. The summed E-state index contributed by atoms with van der Waals surface area (Å²) in [7, 11) is -17.1. The Kier molecular flexibility index (Phi) is 29.6. The normalized spacial score (nSPS) is 17.4. The molecule has 0 bridgehead atoms. The van der Waals surface area contributed by atoms with Crippen molar-refractivity contribution in [3.05, 3.63) is 175 Å². The van der Waals surface area contributed by atoms with E-state index in [1.54, 1.807) is 83.8 Å². The number of allylic oxidation sites excluding steroid dienone is 6. The number of unbranched alkanes of at least 4 members (excludes halogenated alkanes) is 2. The first-order valence-corrected chi connectivity index (χ1v) is 38.2. The van der Waals surface area contributed by atoms with Crippen molar-refractivity contribution in [3.8, 4) is 29.0 Å². The number of nitrogen functional groups attached to an aromatic ring is 1.